The molecule has 0 unspecified atom stereocenters. The van der Waals surface area contributed by atoms with Crippen molar-refractivity contribution >= 4 is 34.1 Å². The van der Waals surface area contributed by atoms with E-state index in [-0.39, 0.29) is 0 Å². The van der Waals surface area contributed by atoms with Crippen LogP contribution in [0.3, 0.4) is 0 Å². The Hall–Kier alpha value is -7.42. The summed E-state index contributed by atoms with van der Waals surface area (Å²) in [6, 6.07) is 87.9. The number of hydrogen-bond donors (Lipinski definition) is 0. The van der Waals surface area contributed by atoms with Crippen LogP contribution in [0.4, 0.5) is 34.1 Å². The van der Waals surface area contributed by atoms with Crippen LogP contribution < -0.4 is 9.80 Å². The van der Waals surface area contributed by atoms with Crippen molar-refractivity contribution in [1.29, 1.82) is 0 Å². The molecule has 1 aliphatic heterocycles. The van der Waals surface area contributed by atoms with Gasteiger partial charge in [-0.1, -0.05) is 182 Å². The molecule has 0 saturated carbocycles. The molecule has 10 rings (SSSR count). The van der Waals surface area contributed by atoms with Gasteiger partial charge in [0.15, 0.2) is 0 Å². The predicted octanol–water partition coefficient (Wildman–Crippen LogP) is 14.7. The standard InChI is InChI=1S/C55H40N2/c1-6-20-41(21-7-1)42-22-18-32-49(38-42)56(47-28-12-4-13-29-47)50-33-19-23-43(39-50)44-36-37-52-54(40-44)57(48-30-14-5-15-31-48)53-35-17-16-34-51(53)55(52,45-24-8-2-9-25-45)46-26-10-3-11-27-46/h1-40H. The first kappa shape index (κ1) is 34.1. The SMILES string of the molecule is c1ccc(-c2cccc(N(c3ccccc3)c3cccc(-c4ccc5c(c4)N(c4ccccc4)c4ccccc4C5(c4ccccc4)c4ccccc4)c3)c2)cc1. The second kappa shape index (κ2) is 14.7. The van der Waals surface area contributed by atoms with E-state index in [4.69, 9.17) is 0 Å². The molecule has 0 amide bonds. The number of rotatable bonds is 8. The van der Waals surface area contributed by atoms with Crippen LogP contribution in [0.15, 0.2) is 243 Å². The van der Waals surface area contributed by atoms with E-state index in [2.05, 4.69) is 252 Å². The third-order valence-corrected chi connectivity index (χ3v) is 11.3. The molecule has 0 N–H and O–H groups in total. The molecular formula is C55H40N2. The number of hydrogen-bond acceptors (Lipinski definition) is 2. The van der Waals surface area contributed by atoms with Gasteiger partial charge in [0, 0.05) is 22.7 Å². The Labute approximate surface area is 335 Å². The van der Waals surface area contributed by atoms with Crippen molar-refractivity contribution in [3.63, 3.8) is 0 Å². The van der Waals surface area contributed by atoms with Gasteiger partial charge in [-0.15, -0.1) is 0 Å². The number of fused-ring (bicyclic) bond motifs is 2. The molecule has 2 heteroatoms. The minimum Gasteiger partial charge on any atom is -0.310 e. The molecule has 9 aromatic carbocycles. The van der Waals surface area contributed by atoms with Crippen molar-refractivity contribution in [3.8, 4) is 22.3 Å². The van der Waals surface area contributed by atoms with Crippen molar-refractivity contribution in [2.75, 3.05) is 9.80 Å². The van der Waals surface area contributed by atoms with E-state index in [0.717, 1.165) is 39.6 Å². The molecule has 0 aromatic heterocycles. The number of anilines is 6. The highest BCUT2D eigenvalue weighted by Crippen LogP contribution is 2.58. The summed E-state index contributed by atoms with van der Waals surface area (Å²) in [6.45, 7) is 0. The molecule has 9 aromatic rings. The fourth-order valence-corrected chi connectivity index (χ4v) is 8.80. The summed E-state index contributed by atoms with van der Waals surface area (Å²) in [5, 5.41) is 0. The first-order valence-electron chi connectivity index (χ1n) is 19.6. The first-order valence-corrected chi connectivity index (χ1v) is 19.6. The Morgan fingerprint density at radius 1 is 0.298 bits per heavy atom. The zero-order chi connectivity index (χ0) is 38.0. The Bertz CT molecular complexity index is 2740. The summed E-state index contributed by atoms with van der Waals surface area (Å²) in [6.07, 6.45) is 0. The van der Waals surface area contributed by atoms with Crippen molar-refractivity contribution in [2.24, 2.45) is 0 Å². The van der Waals surface area contributed by atoms with E-state index >= 15 is 0 Å². The lowest BCUT2D eigenvalue weighted by Crippen LogP contribution is -2.37. The van der Waals surface area contributed by atoms with Crippen LogP contribution in [0.1, 0.15) is 22.3 Å². The third kappa shape index (κ3) is 6.00. The minimum atomic E-state index is -0.548. The molecule has 0 saturated heterocycles. The Kier molecular flexibility index (Phi) is 8.78. The summed E-state index contributed by atoms with van der Waals surface area (Å²) in [7, 11) is 0. The molecule has 0 radical (unpaired) electrons. The number of benzene rings is 9. The second-order valence-corrected chi connectivity index (χ2v) is 14.5. The van der Waals surface area contributed by atoms with Crippen molar-refractivity contribution in [3.05, 3.63) is 265 Å². The molecule has 57 heavy (non-hydrogen) atoms. The van der Waals surface area contributed by atoms with Gasteiger partial charge in [0.25, 0.3) is 0 Å². The topological polar surface area (TPSA) is 6.48 Å². The van der Waals surface area contributed by atoms with Gasteiger partial charge in [-0.3, -0.25) is 0 Å². The fourth-order valence-electron chi connectivity index (χ4n) is 8.80. The van der Waals surface area contributed by atoms with E-state index in [1.54, 1.807) is 0 Å². The maximum atomic E-state index is 2.45. The molecule has 1 aliphatic rings. The highest BCUT2D eigenvalue weighted by molar-refractivity contribution is 5.92. The lowest BCUT2D eigenvalue weighted by Gasteiger charge is -2.46. The molecule has 1 heterocycles. The van der Waals surface area contributed by atoms with E-state index in [1.165, 1.54) is 39.1 Å². The normalized spacial score (nSPS) is 12.7. The summed E-state index contributed by atoms with van der Waals surface area (Å²) in [5.74, 6) is 0. The molecule has 0 bridgehead atoms. The lowest BCUT2D eigenvalue weighted by molar-refractivity contribution is 0.731. The maximum absolute atomic E-state index is 2.45. The van der Waals surface area contributed by atoms with Gasteiger partial charge < -0.3 is 9.80 Å². The highest BCUT2D eigenvalue weighted by atomic mass is 15.2. The van der Waals surface area contributed by atoms with Crippen LogP contribution in [-0.2, 0) is 5.41 Å². The largest absolute Gasteiger partial charge is 0.310 e. The van der Waals surface area contributed by atoms with E-state index in [0.29, 0.717) is 0 Å². The van der Waals surface area contributed by atoms with E-state index in [9.17, 15) is 0 Å². The molecule has 0 spiro atoms. The third-order valence-electron chi connectivity index (χ3n) is 11.3. The molecule has 0 fully saturated rings. The van der Waals surface area contributed by atoms with Gasteiger partial charge in [0.2, 0.25) is 0 Å². The zero-order valence-corrected chi connectivity index (χ0v) is 31.5. The maximum Gasteiger partial charge on any atom is 0.0742 e. The molecule has 0 aliphatic carbocycles. The van der Waals surface area contributed by atoms with Gasteiger partial charge in [0.05, 0.1) is 16.8 Å². The molecule has 0 atom stereocenters. The van der Waals surface area contributed by atoms with Crippen molar-refractivity contribution < 1.29 is 0 Å². The molecule has 2 nitrogen and oxygen atoms in total. The fraction of sp³-hybridized carbons (Fsp3) is 0.0182. The van der Waals surface area contributed by atoms with Crippen LogP contribution in [0, 0.1) is 0 Å². The number of para-hydroxylation sites is 3. The van der Waals surface area contributed by atoms with E-state index < -0.39 is 5.41 Å². The average molecular weight is 729 g/mol. The molecule has 270 valence electrons. The van der Waals surface area contributed by atoms with Crippen LogP contribution >= 0.6 is 0 Å². The Morgan fingerprint density at radius 2 is 0.737 bits per heavy atom. The average Bonchev–Trinajstić information content (AvgIpc) is 3.30. The lowest BCUT2D eigenvalue weighted by atomic mass is 9.62. The summed E-state index contributed by atoms with van der Waals surface area (Å²) in [5.41, 5.74) is 15.9. The Morgan fingerprint density at radius 3 is 1.35 bits per heavy atom. The van der Waals surface area contributed by atoms with Crippen LogP contribution in [-0.4, -0.2) is 0 Å². The Balaban J connectivity index is 1.18. The quantitative estimate of drug-likeness (QED) is 0.154. The van der Waals surface area contributed by atoms with Crippen molar-refractivity contribution in [1.82, 2.24) is 0 Å². The van der Waals surface area contributed by atoms with Crippen LogP contribution in [0.25, 0.3) is 22.3 Å². The van der Waals surface area contributed by atoms with Gasteiger partial charge in [-0.05, 0) is 105 Å². The minimum absolute atomic E-state index is 0.548. The van der Waals surface area contributed by atoms with Gasteiger partial charge in [-0.25, -0.2) is 0 Å². The van der Waals surface area contributed by atoms with E-state index in [1.807, 2.05) is 0 Å². The van der Waals surface area contributed by atoms with Gasteiger partial charge in [-0.2, -0.15) is 0 Å². The predicted molar refractivity (Wildman–Crippen MR) is 239 cm³/mol. The van der Waals surface area contributed by atoms with Gasteiger partial charge >= 0.3 is 0 Å². The smallest absolute Gasteiger partial charge is 0.0742 e. The zero-order valence-electron chi connectivity index (χ0n) is 31.5. The monoisotopic (exact) mass is 728 g/mol. The van der Waals surface area contributed by atoms with Crippen LogP contribution in [0.5, 0.6) is 0 Å². The summed E-state index contributed by atoms with van der Waals surface area (Å²) >= 11 is 0. The van der Waals surface area contributed by atoms with Crippen LogP contribution in [0.2, 0.25) is 0 Å². The summed E-state index contributed by atoms with van der Waals surface area (Å²) in [4.78, 5) is 4.81. The number of nitrogens with zero attached hydrogens (tertiary/aromatic N) is 2. The molecular weight excluding hydrogens is 689 g/mol. The first-order chi connectivity index (χ1) is 28.3. The van der Waals surface area contributed by atoms with Crippen molar-refractivity contribution in [2.45, 2.75) is 5.41 Å². The second-order valence-electron chi connectivity index (χ2n) is 14.5. The van der Waals surface area contributed by atoms with Gasteiger partial charge in [0.1, 0.15) is 0 Å². The summed E-state index contributed by atoms with van der Waals surface area (Å²) < 4.78 is 0. The highest BCUT2D eigenvalue weighted by Gasteiger charge is 2.46.